The van der Waals surface area contributed by atoms with Crippen molar-refractivity contribution in [1.29, 1.82) is 0 Å². The lowest BCUT2D eigenvalue weighted by molar-refractivity contribution is -0.138. The number of para-hydroxylation sites is 2. The first-order valence-electron chi connectivity index (χ1n) is 10.7. The number of piperidine rings is 1. The van der Waals surface area contributed by atoms with E-state index in [0.29, 0.717) is 25.9 Å². The highest BCUT2D eigenvalue weighted by Crippen LogP contribution is 2.46. The lowest BCUT2D eigenvalue weighted by Crippen LogP contribution is -2.50. The van der Waals surface area contributed by atoms with Gasteiger partial charge in [0.15, 0.2) is 5.60 Å². The van der Waals surface area contributed by atoms with E-state index in [0.717, 1.165) is 28.8 Å². The van der Waals surface area contributed by atoms with Crippen LogP contribution >= 0.6 is 0 Å². The molecule has 1 spiro atoms. The smallest absolute Gasteiger partial charge is 0.419 e. The van der Waals surface area contributed by atoms with Gasteiger partial charge in [-0.3, -0.25) is 4.79 Å². The Morgan fingerprint density at radius 1 is 1.09 bits per heavy atom. The van der Waals surface area contributed by atoms with Crippen molar-refractivity contribution in [1.82, 2.24) is 9.47 Å². The number of hydrogen-bond donors (Lipinski definition) is 0. The summed E-state index contributed by atoms with van der Waals surface area (Å²) in [6.07, 6.45) is -1.50. The summed E-state index contributed by atoms with van der Waals surface area (Å²) in [5, 5.41) is 0. The molecule has 2 aliphatic heterocycles. The van der Waals surface area contributed by atoms with Crippen LogP contribution in [0.1, 0.15) is 40.0 Å². The minimum Gasteiger partial charge on any atom is -0.496 e. The van der Waals surface area contributed by atoms with Crippen LogP contribution in [0.15, 0.2) is 54.7 Å². The second-order valence-corrected chi connectivity index (χ2v) is 8.49. The van der Waals surface area contributed by atoms with Gasteiger partial charge in [0.25, 0.3) is 5.91 Å². The van der Waals surface area contributed by atoms with Gasteiger partial charge in [0, 0.05) is 37.7 Å². The summed E-state index contributed by atoms with van der Waals surface area (Å²) in [6, 6.07) is 13.3. The molecule has 1 saturated heterocycles. The maximum Gasteiger partial charge on any atom is 0.419 e. The topological polar surface area (TPSA) is 43.7 Å². The molecule has 5 rings (SSSR count). The first-order chi connectivity index (χ1) is 15.7. The standard InChI is InChI=1S/C25H23F3N2O3/c1-16-9-12-30-19-5-3-4-6-21(19)33-24(22(16)30)10-13-29(14-11-24)23(31)17-7-8-20(32-2)18(15-17)25(26,27)28/h3-9,12,15H,10-11,13-14H2,1-2H3. The molecule has 1 fully saturated rings. The molecule has 0 N–H and O–H groups in total. The molecule has 1 aromatic heterocycles. The predicted octanol–water partition coefficient (Wildman–Crippen LogP) is 5.34. The number of rotatable bonds is 2. The van der Waals surface area contributed by atoms with Gasteiger partial charge in [0.1, 0.15) is 11.5 Å². The molecule has 33 heavy (non-hydrogen) atoms. The van der Waals surface area contributed by atoms with Gasteiger partial charge < -0.3 is 18.9 Å². The quantitative estimate of drug-likeness (QED) is 0.523. The Bertz CT molecular complexity index is 1220. The maximum absolute atomic E-state index is 13.4. The Labute approximate surface area is 189 Å². The summed E-state index contributed by atoms with van der Waals surface area (Å²) in [4.78, 5) is 14.7. The van der Waals surface area contributed by atoms with Crippen molar-refractivity contribution in [2.75, 3.05) is 20.2 Å². The first kappa shape index (κ1) is 21.4. The normalized spacial score (nSPS) is 16.7. The largest absolute Gasteiger partial charge is 0.496 e. The van der Waals surface area contributed by atoms with E-state index in [1.807, 2.05) is 37.4 Å². The number of nitrogens with zero attached hydrogens (tertiary/aromatic N) is 2. The van der Waals surface area contributed by atoms with E-state index in [4.69, 9.17) is 9.47 Å². The molecule has 0 aliphatic carbocycles. The highest BCUT2D eigenvalue weighted by Gasteiger charge is 2.46. The number of amides is 1. The zero-order valence-corrected chi connectivity index (χ0v) is 18.3. The Morgan fingerprint density at radius 2 is 1.82 bits per heavy atom. The van der Waals surface area contributed by atoms with Crippen molar-refractivity contribution in [2.45, 2.75) is 31.5 Å². The van der Waals surface area contributed by atoms with Crippen LogP contribution < -0.4 is 9.47 Å². The van der Waals surface area contributed by atoms with Gasteiger partial charge >= 0.3 is 6.18 Å². The summed E-state index contributed by atoms with van der Waals surface area (Å²) >= 11 is 0. The predicted molar refractivity (Wildman–Crippen MR) is 116 cm³/mol. The number of carbonyl (C=O) groups excluding carboxylic acids is 1. The van der Waals surface area contributed by atoms with Crippen molar-refractivity contribution < 1.29 is 27.4 Å². The first-order valence-corrected chi connectivity index (χ1v) is 10.7. The van der Waals surface area contributed by atoms with Crippen LogP contribution in [0.4, 0.5) is 13.2 Å². The number of aromatic nitrogens is 1. The average molecular weight is 456 g/mol. The number of halogens is 3. The number of carbonyl (C=O) groups is 1. The number of methoxy groups -OCH3 is 1. The number of hydrogen-bond acceptors (Lipinski definition) is 3. The molecule has 0 unspecified atom stereocenters. The van der Waals surface area contributed by atoms with Crippen LogP contribution in [0.25, 0.3) is 5.69 Å². The van der Waals surface area contributed by atoms with E-state index in [-0.39, 0.29) is 11.3 Å². The second-order valence-electron chi connectivity index (χ2n) is 8.49. The highest BCUT2D eigenvalue weighted by molar-refractivity contribution is 5.94. The van der Waals surface area contributed by atoms with E-state index >= 15 is 0 Å². The molecule has 2 aromatic carbocycles. The summed E-state index contributed by atoms with van der Waals surface area (Å²) in [6.45, 7) is 2.79. The second kappa shape index (κ2) is 7.57. The van der Waals surface area contributed by atoms with E-state index in [1.165, 1.54) is 19.2 Å². The van der Waals surface area contributed by atoms with Crippen molar-refractivity contribution >= 4 is 5.91 Å². The van der Waals surface area contributed by atoms with Gasteiger partial charge in [0.05, 0.1) is 24.1 Å². The fraction of sp³-hybridized carbons (Fsp3) is 0.320. The third-order valence-electron chi connectivity index (χ3n) is 6.56. The van der Waals surface area contributed by atoms with Crippen LogP contribution in [-0.4, -0.2) is 35.6 Å². The minimum atomic E-state index is -4.61. The van der Waals surface area contributed by atoms with Crippen LogP contribution in [0.2, 0.25) is 0 Å². The molecular formula is C25H23F3N2O3. The third kappa shape index (κ3) is 3.44. The molecule has 2 aliphatic rings. The van der Waals surface area contributed by atoms with E-state index < -0.39 is 23.2 Å². The monoisotopic (exact) mass is 456 g/mol. The van der Waals surface area contributed by atoms with Crippen molar-refractivity contribution in [3.63, 3.8) is 0 Å². The van der Waals surface area contributed by atoms with Crippen LogP contribution in [-0.2, 0) is 11.8 Å². The van der Waals surface area contributed by atoms with Gasteiger partial charge in [-0.15, -0.1) is 0 Å². The zero-order chi connectivity index (χ0) is 23.4. The lowest BCUT2D eigenvalue weighted by Gasteiger charge is -2.45. The number of ether oxygens (including phenoxy) is 2. The lowest BCUT2D eigenvalue weighted by atomic mass is 9.84. The third-order valence-corrected chi connectivity index (χ3v) is 6.56. The fourth-order valence-corrected chi connectivity index (χ4v) is 4.97. The van der Waals surface area contributed by atoms with E-state index in [1.54, 1.807) is 4.90 Å². The molecule has 5 nitrogen and oxygen atoms in total. The van der Waals surface area contributed by atoms with E-state index in [9.17, 15) is 18.0 Å². The van der Waals surface area contributed by atoms with Gasteiger partial charge in [0.2, 0.25) is 0 Å². The summed E-state index contributed by atoms with van der Waals surface area (Å²) in [7, 11) is 1.18. The maximum atomic E-state index is 13.4. The Morgan fingerprint density at radius 3 is 2.52 bits per heavy atom. The Balaban J connectivity index is 1.41. The van der Waals surface area contributed by atoms with Gasteiger partial charge in [-0.25, -0.2) is 0 Å². The molecule has 0 bridgehead atoms. The molecule has 172 valence electrons. The Hall–Kier alpha value is -3.42. The van der Waals surface area contributed by atoms with Gasteiger partial charge in [-0.1, -0.05) is 12.1 Å². The Kier molecular flexibility index (Phi) is 4.92. The van der Waals surface area contributed by atoms with Gasteiger partial charge in [-0.2, -0.15) is 13.2 Å². The van der Waals surface area contributed by atoms with Gasteiger partial charge in [-0.05, 0) is 48.9 Å². The average Bonchev–Trinajstić information content (AvgIpc) is 3.21. The molecule has 1 amide bonds. The molecule has 8 heteroatoms. The number of alkyl halides is 3. The summed E-state index contributed by atoms with van der Waals surface area (Å²) in [5.74, 6) is 0.0498. The van der Waals surface area contributed by atoms with Crippen molar-refractivity contribution in [3.8, 4) is 17.2 Å². The minimum absolute atomic E-state index is 0.00598. The summed E-state index contributed by atoms with van der Waals surface area (Å²) in [5.41, 5.74) is 1.60. The molecule has 0 radical (unpaired) electrons. The number of fused-ring (bicyclic) bond motifs is 4. The van der Waals surface area contributed by atoms with Crippen molar-refractivity contribution in [3.05, 3.63) is 77.1 Å². The zero-order valence-electron chi connectivity index (χ0n) is 18.3. The van der Waals surface area contributed by atoms with Crippen molar-refractivity contribution in [2.24, 2.45) is 0 Å². The SMILES string of the molecule is COc1ccc(C(=O)N2CCC3(CC2)Oc2ccccc2-n2ccc(C)c23)cc1C(F)(F)F. The number of benzene rings is 2. The van der Waals surface area contributed by atoms with Crippen LogP contribution in [0, 0.1) is 6.92 Å². The fourth-order valence-electron chi connectivity index (χ4n) is 4.97. The van der Waals surface area contributed by atoms with E-state index in [2.05, 4.69) is 10.6 Å². The van der Waals surface area contributed by atoms with Crippen LogP contribution in [0.3, 0.4) is 0 Å². The molecular weight excluding hydrogens is 433 g/mol. The molecule has 3 aromatic rings. The number of likely N-dealkylation sites (tertiary alicyclic amines) is 1. The highest BCUT2D eigenvalue weighted by atomic mass is 19.4. The van der Waals surface area contributed by atoms with Crippen LogP contribution in [0.5, 0.6) is 11.5 Å². The number of aryl methyl sites for hydroxylation is 1. The molecule has 0 atom stereocenters. The summed E-state index contributed by atoms with van der Waals surface area (Å²) < 4.78 is 53.7. The molecule has 3 heterocycles. The molecule has 0 saturated carbocycles.